The van der Waals surface area contributed by atoms with Crippen LogP contribution in [-0.2, 0) is 0 Å². The second kappa shape index (κ2) is 4.27. The summed E-state index contributed by atoms with van der Waals surface area (Å²) in [6.45, 7) is 0. The van der Waals surface area contributed by atoms with Gasteiger partial charge in [-0.25, -0.2) is 0 Å². The SMILES string of the molecule is O=C(Nc1cnoc1)c1cccc(Br)c1. The number of anilines is 1. The molecular weight excluding hydrogens is 260 g/mol. The van der Waals surface area contributed by atoms with E-state index in [4.69, 9.17) is 0 Å². The lowest BCUT2D eigenvalue weighted by atomic mass is 10.2. The average Bonchev–Trinajstić information content (AvgIpc) is 2.70. The molecule has 0 saturated carbocycles. The van der Waals surface area contributed by atoms with Gasteiger partial charge in [-0.2, -0.15) is 0 Å². The Morgan fingerprint density at radius 2 is 2.33 bits per heavy atom. The molecular formula is C10H7BrN2O2. The molecule has 15 heavy (non-hydrogen) atoms. The van der Waals surface area contributed by atoms with Crippen LogP contribution in [0.2, 0.25) is 0 Å². The molecule has 4 nitrogen and oxygen atoms in total. The minimum absolute atomic E-state index is 0.195. The summed E-state index contributed by atoms with van der Waals surface area (Å²) < 4.78 is 5.46. The second-order valence-electron chi connectivity index (χ2n) is 2.88. The largest absolute Gasteiger partial charge is 0.363 e. The molecule has 1 heterocycles. The number of halogens is 1. The molecule has 0 unspecified atom stereocenters. The van der Waals surface area contributed by atoms with Gasteiger partial charge in [-0.3, -0.25) is 4.79 Å². The summed E-state index contributed by atoms with van der Waals surface area (Å²) in [6.07, 6.45) is 2.81. The molecule has 2 rings (SSSR count). The van der Waals surface area contributed by atoms with Gasteiger partial charge < -0.3 is 9.84 Å². The Morgan fingerprint density at radius 1 is 1.47 bits per heavy atom. The van der Waals surface area contributed by atoms with Crippen LogP contribution >= 0.6 is 15.9 Å². The molecule has 0 saturated heterocycles. The van der Waals surface area contributed by atoms with Gasteiger partial charge in [-0.1, -0.05) is 27.2 Å². The fourth-order valence-corrected chi connectivity index (χ4v) is 1.50. The first kappa shape index (κ1) is 9.92. The van der Waals surface area contributed by atoms with Crippen molar-refractivity contribution >= 4 is 27.5 Å². The van der Waals surface area contributed by atoms with Crippen LogP contribution in [0.5, 0.6) is 0 Å². The quantitative estimate of drug-likeness (QED) is 0.910. The van der Waals surface area contributed by atoms with Crippen molar-refractivity contribution < 1.29 is 9.32 Å². The van der Waals surface area contributed by atoms with Gasteiger partial charge in [0.15, 0.2) is 0 Å². The van der Waals surface area contributed by atoms with Crippen molar-refractivity contribution in [1.82, 2.24) is 5.16 Å². The number of nitrogens with zero attached hydrogens (tertiary/aromatic N) is 1. The van der Waals surface area contributed by atoms with Crippen LogP contribution < -0.4 is 5.32 Å². The van der Waals surface area contributed by atoms with Crippen molar-refractivity contribution in [3.8, 4) is 0 Å². The standard InChI is InChI=1S/C10H7BrN2O2/c11-8-3-1-2-7(4-8)10(14)13-9-5-12-15-6-9/h1-6H,(H,13,14). The van der Waals surface area contributed by atoms with E-state index in [-0.39, 0.29) is 5.91 Å². The van der Waals surface area contributed by atoms with Gasteiger partial charge in [0.25, 0.3) is 5.91 Å². The molecule has 1 aromatic heterocycles. The molecule has 0 aliphatic heterocycles. The van der Waals surface area contributed by atoms with Crippen molar-refractivity contribution in [2.75, 3.05) is 5.32 Å². The number of aromatic nitrogens is 1. The maximum atomic E-state index is 11.7. The van der Waals surface area contributed by atoms with E-state index in [1.807, 2.05) is 6.07 Å². The lowest BCUT2D eigenvalue weighted by Crippen LogP contribution is -2.10. The summed E-state index contributed by atoms with van der Waals surface area (Å²) in [5.74, 6) is -0.195. The van der Waals surface area contributed by atoms with Gasteiger partial charge in [0.2, 0.25) is 0 Å². The average molecular weight is 267 g/mol. The third-order valence-corrected chi connectivity index (χ3v) is 2.27. The first-order chi connectivity index (χ1) is 7.25. The van der Waals surface area contributed by atoms with Crippen molar-refractivity contribution in [2.24, 2.45) is 0 Å². The Kier molecular flexibility index (Phi) is 2.82. The Morgan fingerprint density at radius 3 is 3.00 bits per heavy atom. The van der Waals surface area contributed by atoms with Crippen LogP contribution in [0.15, 0.2) is 45.7 Å². The number of carbonyl (C=O) groups is 1. The summed E-state index contributed by atoms with van der Waals surface area (Å²) >= 11 is 3.30. The molecule has 1 amide bonds. The molecule has 1 aromatic carbocycles. The maximum absolute atomic E-state index is 11.7. The zero-order valence-corrected chi connectivity index (χ0v) is 9.19. The van der Waals surface area contributed by atoms with Crippen LogP contribution in [0, 0.1) is 0 Å². The van der Waals surface area contributed by atoms with E-state index in [9.17, 15) is 4.79 Å². The van der Waals surface area contributed by atoms with Gasteiger partial charge in [0, 0.05) is 10.0 Å². The van der Waals surface area contributed by atoms with E-state index < -0.39 is 0 Å². The zero-order chi connectivity index (χ0) is 10.7. The van der Waals surface area contributed by atoms with Crippen molar-refractivity contribution in [1.29, 1.82) is 0 Å². The molecule has 2 aromatic rings. The highest BCUT2D eigenvalue weighted by Crippen LogP contribution is 2.13. The number of carbonyl (C=O) groups excluding carboxylic acids is 1. The van der Waals surface area contributed by atoms with Crippen LogP contribution in [0.4, 0.5) is 5.69 Å². The van der Waals surface area contributed by atoms with Gasteiger partial charge in [0.05, 0.1) is 6.20 Å². The molecule has 0 atom stereocenters. The van der Waals surface area contributed by atoms with E-state index in [1.54, 1.807) is 18.2 Å². The van der Waals surface area contributed by atoms with E-state index in [1.165, 1.54) is 12.5 Å². The molecule has 0 aliphatic carbocycles. The minimum atomic E-state index is -0.195. The molecule has 5 heteroatoms. The highest BCUT2D eigenvalue weighted by atomic mass is 79.9. The highest BCUT2D eigenvalue weighted by molar-refractivity contribution is 9.10. The summed E-state index contributed by atoms with van der Waals surface area (Å²) in [5, 5.41) is 6.14. The Hall–Kier alpha value is -1.62. The Labute approximate surface area is 94.4 Å². The van der Waals surface area contributed by atoms with Crippen molar-refractivity contribution in [2.45, 2.75) is 0 Å². The zero-order valence-electron chi connectivity index (χ0n) is 7.61. The second-order valence-corrected chi connectivity index (χ2v) is 3.79. The minimum Gasteiger partial charge on any atom is -0.363 e. The fraction of sp³-hybridized carbons (Fsp3) is 0. The fourth-order valence-electron chi connectivity index (χ4n) is 1.10. The van der Waals surface area contributed by atoms with Crippen LogP contribution in [0.1, 0.15) is 10.4 Å². The molecule has 0 aliphatic rings. The molecule has 0 spiro atoms. The van der Waals surface area contributed by atoms with E-state index in [0.29, 0.717) is 11.3 Å². The van der Waals surface area contributed by atoms with Crippen molar-refractivity contribution in [3.63, 3.8) is 0 Å². The Bertz CT molecular complexity index is 468. The highest BCUT2D eigenvalue weighted by Gasteiger charge is 2.06. The van der Waals surface area contributed by atoms with E-state index in [2.05, 4.69) is 30.9 Å². The third kappa shape index (κ3) is 2.44. The first-order valence-electron chi connectivity index (χ1n) is 4.22. The molecule has 0 bridgehead atoms. The maximum Gasteiger partial charge on any atom is 0.255 e. The summed E-state index contributed by atoms with van der Waals surface area (Å²) in [7, 11) is 0. The molecule has 1 N–H and O–H groups in total. The van der Waals surface area contributed by atoms with Gasteiger partial charge in [-0.05, 0) is 18.2 Å². The van der Waals surface area contributed by atoms with Gasteiger partial charge in [0.1, 0.15) is 12.0 Å². The predicted octanol–water partition coefficient (Wildman–Crippen LogP) is 2.69. The monoisotopic (exact) mass is 266 g/mol. The van der Waals surface area contributed by atoms with E-state index in [0.717, 1.165) is 4.47 Å². The number of amides is 1. The topological polar surface area (TPSA) is 55.1 Å². The Balaban J connectivity index is 2.15. The predicted molar refractivity (Wildman–Crippen MR) is 58.6 cm³/mol. The smallest absolute Gasteiger partial charge is 0.255 e. The lowest BCUT2D eigenvalue weighted by Gasteiger charge is -2.01. The normalized spacial score (nSPS) is 9.93. The molecule has 0 radical (unpaired) electrons. The number of rotatable bonds is 2. The van der Waals surface area contributed by atoms with Crippen LogP contribution in [0.3, 0.4) is 0 Å². The summed E-state index contributed by atoms with van der Waals surface area (Å²) in [5.41, 5.74) is 1.12. The van der Waals surface area contributed by atoms with Crippen molar-refractivity contribution in [3.05, 3.63) is 46.8 Å². The van der Waals surface area contributed by atoms with Crippen LogP contribution in [-0.4, -0.2) is 11.1 Å². The lowest BCUT2D eigenvalue weighted by molar-refractivity contribution is 0.102. The number of hydrogen-bond acceptors (Lipinski definition) is 3. The summed E-state index contributed by atoms with van der Waals surface area (Å²) in [4.78, 5) is 11.7. The number of nitrogens with one attached hydrogen (secondary N) is 1. The third-order valence-electron chi connectivity index (χ3n) is 1.78. The van der Waals surface area contributed by atoms with Gasteiger partial charge in [-0.15, -0.1) is 0 Å². The van der Waals surface area contributed by atoms with Gasteiger partial charge >= 0.3 is 0 Å². The molecule has 0 fully saturated rings. The van der Waals surface area contributed by atoms with Crippen LogP contribution in [0.25, 0.3) is 0 Å². The summed E-state index contributed by atoms with van der Waals surface area (Å²) in [6, 6.07) is 7.12. The number of benzene rings is 1. The first-order valence-corrected chi connectivity index (χ1v) is 5.01. The number of hydrogen-bond donors (Lipinski definition) is 1. The molecule has 76 valence electrons. The van der Waals surface area contributed by atoms with E-state index >= 15 is 0 Å².